The molecular weight excluding hydrogens is 200 g/mol. The van der Waals surface area contributed by atoms with Gasteiger partial charge in [0.1, 0.15) is 0 Å². The summed E-state index contributed by atoms with van der Waals surface area (Å²) in [7, 11) is 0. The average molecular weight is 226 g/mol. The van der Waals surface area contributed by atoms with E-state index in [0.29, 0.717) is 0 Å². The van der Waals surface area contributed by atoms with Gasteiger partial charge in [-0.15, -0.1) is 0 Å². The van der Waals surface area contributed by atoms with Crippen LogP contribution in [0.25, 0.3) is 0 Å². The summed E-state index contributed by atoms with van der Waals surface area (Å²) in [6.07, 6.45) is 9.87. The third-order valence-electron chi connectivity index (χ3n) is 4.19. The van der Waals surface area contributed by atoms with Gasteiger partial charge >= 0.3 is 0 Å². The summed E-state index contributed by atoms with van der Waals surface area (Å²) in [5.41, 5.74) is -0.445. The number of hydrogen-bond acceptors (Lipinski definition) is 2. The molecule has 2 heteroatoms. The van der Waals surface area contributed by atoms with Crippen molar-refractivity contribution in [3.05, 3.63) is 0 Å². The van der Waals surface area contributed by atoms with Crippen molar-refractivity contribution in [1.82, 2.24) is 0 Å². The molecule has 0 aromatic heterocycles. The van der Waals surface area contributed by atoms with Crippen molar-refractivity contribution in [1.29, 1.82) is 0 Å². The van der Waals surface area contributed by atoms with Gasteiger partial charge in [0.05, 0.1) is 17.8 Å². The van der Waals surface area contributed by atoms with E-state index in [1.165, 1.54) is 32.1 Å². The third kappa shape index (κ3) is 3.21. The maximum Gasteiger partial charge on any atom is 0.0699 e. The second-order valence-electron chi connectivity index (χ2n) is 6.10. The second kappa shape index (κ2) is 5.05. The maximum absolute atomic E-state index is 10.7. The van der Waals surface area contributed by atoms with E-state index in [4.69, 9.17) is 4.74 Å². The van der Waals surface area contributed by atoms with Crippen LogP contribution in [0.3, 0.4) is 0 Å². The first kappa shape index (κ1) is 12.4. The monoisotopic (exact) mass is 226 g/mol. The Morgan fingerprint density at radius 3 is 2.19 bits per heavy atom. The lowest BCUT2D eigenvalue weighted by Gasteiger charge is -2.41. The number of aliphatic hydroxyl groups is 1. The van der Waals surface area contributed by atoms with E-state index >= 15 is 0 Å². The summed E-state index contributed by atoms with van der Waals surface area (Å²) >= 11 is 0. The molecule has 2 aliphatic rings. The van der Waals surface area contributed by atoms with Crippen molar-refractivity contribution >= 4 is 0 Å². The molecular formula is C14H26O2. The molecule has 0 amide bonds. The van der Waals surface area contributed by atoms with E-state index in [1.54, 1.807) is 0 Å². The lowest BCUT2D eigenvalue weighted by Crippen LogP contribution is -2.44. The van der Waals surface area contributed by atoms with Gasteiger partial charge in [0.15, 0.2) is 0 Å². The number of rotatable bonds is 2. The van der Waals surface area contributed by atoms with Crippen LogP contribution in [0.2, 0.25) is 0 Å². The first-order chi connectivity index (χ1) is 7.57. The second-order valence-corrected chi connectivity index (χ2v) is 6.10. The summed E-state index contributed by atoms with van der Waals surface area (Å²) in [4.78, 5) is 0. The van der Waals surface area contributed by atoms with Crippen LogP contribution < -0.4 is 0 Å². The Morgan fingerprint density at radius 1 is 1.06 bits per heavy atom. The zero-order valence-electron chi connectivity index (χ0n) is 10.7. The fraction of sp³-hybridized carbons (Fsp3) is 1.00. The summed E-state index contributed by atoms with van der Waals surface area (Å²) in [5, 5.41) is 10.7. The van der Waals surface area contributed by atoms with E-state index in [-0.39, 0.29) is 12.2 Å². The van der Waals surface area contributed by atoms with Crippen LogP contribution in [-0.2, 0) is 4.74 Å². The number of hydrogen-bond donors (Lipinski definition) is 1. The Hall–Kier alpha value is -0.0800. The van der Waals surface area contributed by atoms with E-state index in [9.17, 15) is 5.11 Å². The van der Waals surface area contributed by atoms with Gasteiger partial charge in [-0.05, 0) is 26.2 Å². The van der Waals surface area contributed by atoms with Crippen molar-refractivity contribution in [2.24, 2.45) is 5.92 Å². The molecule has 2 atom stereocenters. The summed E-state index contributed by atoms with van der Waals surface area (Å²) in [6.45, 7) is 4.17. The largest absolute Gasteiger partial charge is 0.390 e. The first-order valence-electron chi connectivity index (χ1n) is 6.95. The molecule has 0 spiro atoms. The molecule has 1 saturated heterocycles. The van der Waals surface area contributed by atoms with Crippen molar-refractivity contribution in [2.45, 2.75) is 83.0 Å². The maximum atomic E-state index is 10.7. The third-order valence-corrected chi connectivity index (χ3v) is 4.19. The quantitative estimate of drug-likeness (QED) is 0.783. The van der Waals surface area contributed by atoms with Gasteiger partial charge in [-0.2, -0.15) is 0 Å². The molecule has 2 nitrogen and oxygen atoms in total. The molecule has 0 aromatic carbocycles. The molecule has 2 unspecified atom stereocenters. The van der Waals surface area contributed by atoms with Gasteiger partial charge in [0.25, 0.3) is 0 Å². The van der Waals surface area contributed by atoms with Gasteiger partial charge in [-0.1, -0.05) is 32.1 Å². The van der Waals surface area contributed by atoms with Gasteiger partial charge in [0.2, 0.25) is 0 Å². The molecule has 1 aliphatic heterocycles. The molecule has 94 valence electrons. The lowest BCUT2D eigenvalue weighted by atomic mass is 9.76. The smallest absolute Gasteiger partial charge is 0.0699 e. The number of ether oxygens (including phenoxy) is 1. The molecule has 1 aliphatic carbocycles. The summed E-state index contributed by atoms with van der Waals surface area (Å²) in [5.74, 6) is 0.760. The molecule has 0 bridgehead atoms. The Kier molecular flexibility index (Phi) is 3.91. The Morgan fingerprint density at radius 2 is 1.62 bits per heavy atom. The van der Waals surface area contributed by atoms with Crippen LogP contribution in [0.15, 0.2) is 0 Å². The Labute approximate surface area is 99.4 Å². The summed E-state index contributed by atoms with van der Waals surface area (Å²) in [6, 6.07) is 0. The van der Waals surface area contributed by atoms with Gasteiger partial charge < -0.3 is 9.84 Å². The molecule has 2 fully saturated rings. The molecule has 0 aromatic rings. The fourth-order valence-corrected chi connectivity index (χ4v) is 3.74. The normalized spacial score (nSPS) is 42.2. The fourth-order valence-electron chi connectivity index (χ4n) is 3.74. The van der Waals surface area contributed by atoms with E-state index < -0.39 is 5.60 Å². The van der Waals surface area contributed by atoms with Crippen molar-refractivity contribution in [3.63, 3.8) is 0 Å². The standard InChI is InChI=1S/C14H26O2/c1-11-8-14(15,9-12(2)16-11)10-13-6-4-3-5-7-13/h11-13,15H,3-10H2,1-2H3. The average Bonchev–Trinajstić information content (AvgIpc) is 2.15. The zero-order chi connectivity index (χ0) is 11.6. The van der Waals surface area contributed by atoms with Gasteiger partial charge in [-0.3, -0.25) is 0 Å². The van der Waals surface area contributed by atoms with Crippen LogP contribution in [0.1, 0.15) is 65.2 Å². The minimum absolute atomic E-state index is 0.220. The Balaban J connectivity index is 1.90. The highest BCUT2D eigenvalue weighted by Gasteiger charge is 2.38. The van der Waals surface area contributed by atoms with Crippen LogP contribution in [0.5, 0.6) is 0 Å². The van der Waals surface area contributed by atoms with Crippen LogP contribution in [-0.4, -0.2) is 22.9 Å². The minimum Gasteiger partial charge on any atom is -0.390 e. The lowest BCUT2D eigenvalue weighted by molar-refractivity contribution is -0.140. The SMILES string of the molecule is CC1CC(O)(CC2CCCCC2)CC(C)O1. The predicted octanol–water partition coefficient (Wildman–Crippen LogP) is 3.28. The van der Waals surface area contributed by atoms with E-state index in [2.05, 4.69) is 13.8 Å². The summed E-state index contributed by atoms with van der Waals surface area (Å²) < 4.78 is 5.71. The van der Waals surface area contributed by atoms with Crippen LogP contribution in [0, 0.1) is 5.92 Å². The highest BCUT2D eigenvalue weighted by molar-refractivity contribution is 4.89. The molecule has 16 heavy (non-hydrogen) atoms. The van der Waals surface area contributed by atoms with Crippen molar-refractivity contribution < 1.29 is 9.84 Å². The molecule has 2 rings (SSSR count). The van der Waals surface area contributed by atoms with Gasteiger partial charge in [0, 0.05) is 12.8 Å². The van der Waals surface area contributed by atoms with Crippen LogP contribution in [0.4, 0.5) is 0 Å². The van der Waals surface area contributed by atoms with Crippen molar-refractivity contribution in [2.75, 3.05) is 0 Å². The Bertz CT molecular complexity index is 211. The van der Waals surface area contributed by atoms with E-state index in [0.717, 1.165) is 25.2 Å². The molecule has 1 N–H and O–H groups in total. The van der Waals surface area contributed by atoms with Gasteiger partial charge in [-0.25, -0.2) is 0 Å². The molecule has 0 radical (unpaired) electrons. The highest BCUT2D eigenvalue weighted by Crippen LogP contribution is 2.38. The topological polar surface area (TPSA) is 29.5 Å². The zero-order valence-corrected chi connectivity index (χ0v) is 10.7. The van der Waals surface area contributed by atoms with Crippen LogP contribution >= 0.6 is 0 Å². The highest BCUT2D eigenvalue weighted by atomic mass is 16.5. The molecule has 1 heterocycles. The molecule has 1 saturated carbocycles. The van der Waals surface area contributed by atoms with E-state index in [1.807, 2.05) is 0 Å². The minimum atomic E-state index is -0.445. The first-order valence-corrected chi connectivity index (χ1v) is 6.95. The van der Waals surface area contributed by atoms with Crippen molar-refractivity contribution in [3.8, 4) is 0 Å². The predicted molar refractivity (Wildman–Crippen MR) is 65.4 cm³/mol.